The van der Waals surface area contributed by atoms with E-state index < -0.39 is 0 Å². The second-order valence-corrected chi connectivity index (χ2v) is 5.84. The van der Waals surface area contributed by atoms with Gasteiger partial charge in [-0.25, -0.2) is 5.84 Å². The largest absolute Gasteiger partial charge is 0.383 e. The lowest BCUT2D eigenvalue weighted by Crippen LogP contribution is -2.55. The minimum atomic E-state index is -0.257. The number of ether oxygens (including phenoxy) is 1. The zero-order chi connectivity index (χ0) is 14.4. The summed E-state index contributed by atoms with van der Waals surface area (Å²) in [4.78, 5) is 16.7. The summed E-state index contributed by atoms with van der Waals surface area (Å²) in [6.45, 7) is 4.79. The molecule has 2 heterocycles. The maximum Gasteiger partial charge on any atom is 0.253 e. The molecule has 0 saturated carbocycles. The van der Waals surface area contributed by atoms with E-state index in [1.54, 1.807) is 7.11 Å². The first-order chi connectivity index (χ1) is 9.76. The van der Waals surface area contributed by atoms with Crippen LogP contribution in [0.1, 0.15) is 32.1 Å². The van der Waals surface area contributed by atoms with Crippen molar-refractivity contribution in [1.82, 2.24) is 15.2 Å². The van der Waals surface area contributed by atoms with Crippen molar-refractivity contribution < 1.29 is 9.53 Å². The van der Waals surface area contributed by atoms with Gasteiger partial charge in [0, 0.05) is 26.2 Å². The van der Waals surface area contributed by atoms with E-state index in [4.69, 9.17) is 10.6 Å². The molecule has 0 aromatic carbocycles. The number of hydrogen-bond donors (Lipinski definition) is 2. The van der Waals surface area contributed by atoms with E-state index in [2.05, 4.69) is 15.2 Å². The van der Waals surface area contributed by atoms with Gasteiger partial charge >= 0.3 is 0 Å². The third kappa shape index (κ3) is 3.91. The highest BCUT2D eigenvalue weighted by atomic mass is 16.5. The second-order valence-electron chi connectivity index (χ2n) is 5.84. The molecule has 2 rings (SSSR count). The smallest absolute Gasteiger partial charge is 0.253 e. The fraction of sp³-hybridized carbons (Fsp3) is 0.929. The molecule has 0 spiro atoms. The van der Waals surface area contributed by atoms with Gasteiger partial charge in [0.15, 0.2) is 0 Å². The van der Waals surface area contributed by atoms with Crippen molar-refractivity contribution in [2.24, 2.45) is 5.84 Å². The van der Waals surface area contributed by atoms with Crippen molar-refractivity contribution >= 4 is 5.91 Å². The summed E-state index contributed by atoms with van der Waals surface area (Å²) in [6, 6.07) is 0.433. The first-order valence-corrected chi connectivity index (χ1v) is 7.73. The number of hydrogen-bond acceptors (Lipinski definition) is 5. The molecule has 0 bridgehead atoms. The van der Waals surface area contributed by atoms with Crippen molar-refractivity contribution in [3.63, 3.8) is 0 Å². The number of piperidine rings is 2. The molecular weight excluding hydrogens is 256 g/mol. The zero-order valence-corrected chi connectivity index (χ0v) is 12.5. The summed E-state index contributed by atoms with van der Waals surface area (Å²) in [5.41, 5.74) is 2.25. The molecule has 1 atom stereocenters. The standard InChI is InChI=1S/C14H28N4O2/c1-20-11-13(14(19)16-15)18-9-5-12(6-10-18)17-7-3-2-4-8-17/h12-13H,2-11,15H2,1H3,(H,16,19). The third-order valence-corrected chi connectivity index (χ3v) is 4.62. The maximum absolute atomic E-state index is 11.8. The van der Waals surface area contributed by atoms with Crippen LogP contribution < -0.4 is 11.3 Å². The lowest BCUT2D eigenvalue weighted by Gasteiger charge is -2.42. The second kappa shape index (κ2) is 7.93. The van der Waals surface area contributed by atoms with E-state index in [0.29, 0.717) is 12.6 Å². The summed E-state index contributed by atoms with van der Waals surface area (Å²) < 4.78 is 5.15. The molecule has 1 unspecified atom stereocenters. The summed E-state index contributed by atoms with van der Waals surface area (Å²) in [6.07, 6.45) is 6.32. The van der Waals surface area contributed by atoms with Gasteiger partial charge in [0.2, 0.25) is 0 Å². The Labute approximate surface area is 121 Å². The molecule has 3 N–H and O–H groups in total. The van der Waals surface area contributed by atoms with Crippen molar-refractivity contribution in [2.75, 3.05) is 39.9 Å². The highest BCUT2D eigenvalue weighted by Crippen LogP contribution is 2.22. The molecule has 0 aromatic rings. The summed E-state index contributed by atoms with van der Waals surface area (Å²) in [5, 5.41) is 0. The molecule has 116 valence electrons. The molecule has 20 heavy (non-hydrogen) atoms. The summed E-state index contributed by atoms with van der Waals surface area (Å²) in [5.74, 6) is 5.11. The van der Waals surface area contributed by atoms with Crippen molar-refractivity contribution in [1.29, 1.82) is 0 Å². The normalized spacial score (nSPS) is 24.5. The number of nitrogens with two attached hydrogens (primary N) is 1. The number of hydrazine groups is 1. The Morgan fingerprint density at radius 3 is 2.45 bits per heavy atom. The molecule has 2 fully saturated rings. The fourth-order valence-electron chi connectivity index (χ4n) is 3.45. The Balaban J connectivity index is 1.83. The maximum atomic E-state index is 11.8. The number of methoxy groups -OCH3 is 1. The molecular formula is C14H28N4O2. The quantitative estimate of drug-likeness (QED) is 0.420. The van der Waals surface area contributed by atoms with Crippen LogP contribution in [0.25, 0.3) is 0 Å². The monoisotopic (exact) mass is 284 g/mol. The van der Waals surface area contributed by atoms with Gasteiger partial charge in [0.05, 0.1) is 6.61 Å². The van der Waals surface area contributed by atoms with E-state index in [1.165, 1.54) is 32.4 Å². The number of likely N-dealkylation sites (tertiary alicyclic amines) is 2. The van der Waals surface area contributed by atoms with Crippen LogP contribution in [0.5, 0.6) is 0 Å². The zero-order valence-electron chi connectivity index (χ0n) is 12.5. The van der Waals surface area contributed by atoms with E-state index >= 15 is 0 Å². The van der Waals surface area contributed by atoms with Gasteiger partial charge in [-0.3, -0.25) is 15.1 Å². The van der Waals surface area contributed by atoms with Gasteiger partial charge in [-0.1, -0.05) is 6.42 Å². The number of carbonyl (C=O) groups excluding carboxylic acids is 1. The predicted octanol–water partition coefficient (Wildman–Crippen LogP) is -0.0584. The lowest BCUT2D eigenvalue weighted by atomic mass is 9.98. The topological polar surface area (TPSA) is 70.8 Å². The SMILES string of the molecule is COCC(C(=O)NN)N1CCC(N2CCCCC2)CC1. The Morgan fingerprint density at radius 1 is 1.25 bits per heavy atom. The average molecular weight is 284 g/mol. The fourth-order valence-corrected chi connectivity index (χ4v) is 3.45. The minimum absolute atomic E-state index is 0.150. The number of nitrogens with zero attached hydrogens (tertiary/aromatic N) is 2. The molecule has 0 aromatic heterocycles. The van der Waals surface area contributed by atoms with E-state index in [9.17, 15) is 4.79 Å². The van der Waals surface area contributed by atoms with Gasteiger partial charge < -0.3 is 9.64 Å². The molecule has 2 aliphatic rings. The Bertz CT molecular complexity index is 300. The Hall–Kier alpha value is -0.690. The molecule has 0 aliphatic carbocycles. The van der Waals surface area contributed by atoms with Gasteiger partial charge in [-0.05, 0) is 38.8 Å². The van der Waals surface area contributed by atoms with Crippen LogP contribution in [0.4, 0.5) is 0 Å². The van der Waals surface area contributed by atoms with Crippen LogP contribution in [-0.4, -0.2) is 67.7 Å². The molecule has 6 heteroatoms. The minimum Gasteiger partial charge on any atom is -0.383 e. The first-order valence-electron chi connectivity index (χ1n) is 7.73. The Morgan fingerprint density at radius 2 is 1.90 bits per heavy atom. The van der Waals surface area contributed by atoms with Crippen LogP contribution in [0, 0.1) is 0 Å². The van der Waals surface area contributed by atoms with Gasteiger partial charge in [0.25, 0.3) is 5.91 Å². The predicted molar refractivity (Wildman–Crippen MR) is 78.0 cm³/mol. The van der Waals surface area contributed by atoms with Crippen LogP contribution in [-0.2, 0) is 9.53 Å². The molecule has 2 aliphatic heterocycles. The molecule has 6 nitrogen and oxygen atoms in total. The third-order valence-electron chi connectivity index (χ3n) is 4.62. The highest BCUT2D eigenvalue weighted by Gasteiger charge is 2.31. The highest BCUT2D eigenvalue weighted by molar-refractivity contribution is 5.81. The number of nitrogens with one attached hydrogen (secondary N) is 1. The molecule has 1 amide bonds. The van der Waals surface area contributed by atoms with Crippen molar-refractivity contribution in [3.05, 3.63) is 0 Å². The van der Waals surface area contributed by atoms with E-state index in [0.717, 1.165) is 25.9 Å². The first kappa shape index (κ1) is 15.7. The number of carbonyl (C=O) groups is 1. The van der Waals surface area contributed by atoms with Crippen LogP contribution in [0.3, 0.4) is 0 Å². The number of amides is 1. The van der Waals surface area contributed by atoms with Crippen molar-refractivity contribution in [2.45, 2.75) is 44.2 Å². The van der Waals surface area contributed by atoms with Crippen LogP contribution in [0.2, 0.25) is 0 Å². The van der Waals surface area contributed by atoms with Crippen LogP contribution >= 0.6 is 0 Å². The van der Waals surface area contributed by atoms with Gasteiger partial charge in [-0.2, -0.15) is 0 Å². The van der Waals surface area contributed by atoms with Crippen molar-refractivity contribution in [3.8, 4) is 0 Å². The van der Waals surface area contributed by atoms with E-state index in [1.807, 2.05) is 0 Å². The average Bonchev–Trinajstić information content (AvgIpc) is 2.53. The number of rotatable bonds is 5. The molecule has 0 radical (unpaired) electrons. The summed E-state index contributed by atoms with van der Waals surface area (Å²) >= 11 is 0. The van der Waals surface area contributed by atoms with Gasteiger partial charge in [0.1, 0.15) is 6.04 Å². The summed E-state index contributed by atoms with van der Waals surface area (Å²) in [7, 11) is 1.62. The van der Waals surface area contributed by atoms with Gasteiger partial charge in [-0.15, -0.1) is 0 Å². The Kier molecular flexibility index (Phi) is 6.22. The van der Waals surface area contributed by atoms with E-state index in [-0.39, 0.29) is 11.9 Å². The lowest BCUT2D eigenvalue weighted by molar-refractivity contribution is -0.129. The van der Waals surface area contributed by atoms with Crippen LogP contribution in [0.15, 0.2) is 0 Å². The molecule has 2 saturated heterocycles.